The number of thiazole rings is 1. The lowest BCUT2D eigenvalue weighted by molar-refractivity contribution is 0.0950. The summed E-state index contributed by atoms with van der Waals surface area (Å²) in [4.78, 5) is 21.5. The molecule has 0 aliphatic heterocycles. The summed E-state index contributed by atoms with van der Waals surface area (Å²) < 4.78 is 11.7. The monoisotopic (exact) mass is 388 g/mol. The summed E-state index contributed by atoms with van der Waals surface area (Å²) in [7, 11) is 5.65. The molecule has 27 heavy (non-hydrogen) atoms. The molecule has 0 saturated heterocycles. The van der Waals surface area contributed by atoms with Gasteiger partial charge in [0.15, 0.2) is 5.13 Å². The van der Waals surface area contributed by atoms with Gasteiger partial charge in [-0.3, -0.25) is 9.69 Å². The lowest BCUT2D eigenvalue weighted by atomic mass is 10.2. The Bertz CT molecular complexity index is 948. The summed E-state index contributed by atoms with van der Waals surface area (Å²) in [6.45, 7) is 5.23. The van der Waals surface area contributed by atoms with E-state index in [0.29, 0.717) is 23.1 Å². The molecule has 3 aromatic rings. The van der Waals surface area contributed by atoms with Crippen molar-refractivity contribution in [2.24, 2.45) is 0 Å². The van der Waals surface area contributed by atoms with Gasteiger partial charge in [0.2, 0.25) is 5.76 Å². The van der Waals surface area contributed by atoms with Crippen LogP contribution in [0, 0.1) is 13.8 Å². The number of aromatic nitrogens is 2. The van der Waals surface area contributed by atoms with Crippen molar-refractivity contribution in [2.45, 2.75) is 20.3 Å². The van der Waals surface area contributed by atoms with E-state index in [1.807, 2.05) is 33.2 Å². The van der Waals surface area contributed by atoms with E-state index in [1.54, 1.807) is 25.0 Å². The Morgan fingerprint density at radius 3 is 2.67 bits per heavy atom. The molecule has 2 heterocycles. The van der Waals surface area contributed by atoms with E-state index in [0.717, 1.165) is 28.7 Å². The maximum absolute atomic E-state index is 13.1. The Labute approximate surface area is 162 Å². The van der Waals surface area contributed by atoms with E-state index in [4.69, 9.17) is 14.2 Å². The summed E-state index contributed by atoms with van der Waals surface area (Å²) in [5.41, 5.74) is 2.55. The molecule has 0 N–H and O–H groups in total. The number of ether oxygens (including phenoxy) is 1. The fourth-order valence-corrected chi connectivity index (χ4v) is 3.88. The second kappa shape index (κ2) is 8.06. The van der Waals surface area contributed by atoms with Gasteiger partial charge in [0.05, 0.1) is 17.5 Å². The molecule has 0 spiro atoms. The van der Waals surface area contributed by atoms with Gasteiger partial charge in [-0.05, 0) is 52.5 Å². The molecule has 8 heteroatoms. The van der Waals surface area contributed by atoms with Crippen LogP contribution in [0.25, 0.3) is 10.2 Å². The zero-order valence-electron chi connectivity index (χ0n) is 16.3. The van der Waals surface area contributed by atoms with Crippen LogP contribution in [-0.4, -0.2) is 55.2 Å². The summed E-state index contributed by atoms with van der Waals surface area (Å²) in [5.74, 6) is 0.694. The fraction of sp³-hybridized carbons (Fsp3) is 0.421. The first kappa shape index (κ1) is 19.3. The Morgan fingerprint density at radius 1 is 1.26 bits per heavy atom. The van der Waals surface area contributed by atoms with Gasteiger partial charge in [-0.2, -0.15) is 0 Å². The fourth-order valence-electron chi connectivity index (χ4n) is 2.81. The molecular formula is C19H24N4O3S. The first-order chi connectivity index (χ1) is 12.9. The number of rotatable bonds is 7. The Hall–Kier alpha value is -2.45. The van der Waals surface area contributed by atoms with Crippen molar-refractivity contribution in [1.29, 1.82) is 0 Å². The third kappa shape index (κ3) is 4.12. The average molecular weight is 388 g/mol. The van der Waals surface area contributed by atoms with Gasteiger partial charge in [-0.25, -0.2) is 4.98 Å². The van der Waals surface area contributed by atoms with E-state index < -0.39 is 0 Å². The highest BCUT2D eigenvalue weighted by atomic mass is 32.1. The average Bonchev–Trinajstić information content (AvgIpc) is 3.25. The summed E-state index contributed by atoms with van der Waals surface area (Å²) in [6.07, 6.45) is 0.817. The number of nitrogens with zero attached hydrogens (tertiary/aromatic N) is 4. The minimum Gasteiger partial charge on any atom is -0.494 e. The highest BCUT2D eigenvalue weighted by Crippen LogP contribution is 2.36. The molecule has 0 radical (unpaired) electrons. The number of carbonyl (C=O) groups excluding carboxylic acids is 1. The molecule has 0 unspecified atom stereocenters. The van der Waals surface area contributed by atoms with Crippen molar-refractivity contribution in [3.05, 3.63) is 35.2 Å². The van der Waals surface area contributed by atoms with Gasteiger partial charge in [0, 0.05) is 12.6 Å². The number of fused-ring (bicyclic) bond motifs is 1. The summed E-state index contributed by atoms with van der Waals surface area (Å²) in [6, 6.07) is 5.56. The number of anilines is 1. The zero-order chi connectivity index (χ0) is 19.6. The van der Waals surface area contributed by atoms with Crippen molar-refractivity contribution in [3.8, 4) is 5.75 Å². The third-order valence-electron chi connectivity index (χ3n) is 4.21. The number of amides is 1. The molecule has 0 aliphatic rings. The molecule has 0 atom stereocenters. The molecular weight excluding hydrogens is 364 g/mol. The number of benzene rings is 1. The van der Waals surface area contributed by atoms with Crippen LogP contribution in [0.5, 0.6) is 5.75 Å². The maximum atomic E-state index is 13.1. The van der Waals surface area contributed by atoms with Gasteiger partial charge >= 0.3 is 0 Å². The van der Waals surface area contributed by atoms with Crippen molar-refractivity contribution in [3.63, 3.8) is 0 Å². The predicted octanol–water partition coefficient (Wildman–Crippen LogP) is 3.51. The van der Waals surface area contributed by atoms with E-state index in [1.165, 1.54) is 11.3 Å². The molecule has 0 aliphatic carbocycles. The lowest BCUT2D eigenvalue weighted by Gasteiger charge is -2.19. The Morgan fingerprint density at radius 2 is 2.04 bits per heavy atom. The zero-order valence-corrected chi connectivity index (χ0v) is 17.1. The first-order valence-electron chi connectivity index (χ1n) is 8.74. The molecule has 0 fully saturated rings. The summed E-state index contributed by atoms with van der Waals surface area (Å²) in [5, 5.41) is 4.47. The topological polar surface area (TPSA) is 71.7 Å². The van der Waals surface area contributed by atoms with Crippen molar-refractivity contribution >= 4 is 32.6 Å². The maximum Gasteiger partial charge on any atom is 0.298 e. The van der Waals surface area contributed by atoms with Crippen LogP contribution >= 0.6 is 11.3 Å². The number of hydrogen-bond donors (Lipinski definition) is 0. The number of carbonyl (C=O) groups is 1. The van der Waals surface area contributed by atoms with E-state index in [2.05, 4.69) is 10.1 Å². The van der Waals surface area contributed by atoms with Crippen LogP contribution in [0.4, 0.5) is 5.13 Å². The van der Waals surface area contributed by atoms with Crippen LogP contribution in [0.3, 0.4) is 0 Å². The van der Waals surface area contributed by atoms with Gasteiger partial charge in [0.1, 0.15) is 11.3 Å². The quantitative estimate of drug-likeness (QED) is 0.617. The van der Waals surface area contributed by atoms with Crippen molar-refractivity contribution < 1.29 is 14.1 Å². The molecule has 1 aromatic carbocycles. The second-order valence-corrected chi connectivity index (χ2v) is 7.68. The molecule has 1 amide bonds. The van der Waals surface area contributed by atoms with E-state index in [-0.39, 0.29) is 11.7 Å². The number of aryl methyl sites for hydroxylation is 2. The minimum absolute atomic E-state index is 0.222. The van der Waals surface area contributed by atoms with Gasteiger partial charge in [-0.1, -0.05) is 22.6 Å². The molecule has 0 saturated carbocycles. The molecule has 7 nitrogen and oxygen atoms in total. The van der Waals surface area contributed by atoms with Crippen LogP contribution < -0.4 is 9.64 Å². The SMILES string of the molecule is COc1ccc(C)c2sc(N(CCCN(C)C)C(=O)c3cc(C)no3)nc12. The van der Waals surface area contributed by atoms with Crippen LogP contribution in [0.15, 0.2) is 22.7 Å². The standard InChI is InChI=1S/C19H24N4O3S/c1-12-7-8-14(25-5)16-17(12)27-19(20-16)23(10-6-9-22(3)4)18(24)15-11-13(2)21-26-15/h7-8,11H,6,9-10H2,1-5H3. The molecule has 2 aromatic heterocycles. The van der Waals surface area contributed by atoms with Gasteiger partial charge in [-0.15, -0.1) is 0 Å². The Balaban J connectivity index is 2.00. The second-order valence-electron chi connectivity index (χ2n) is 6.71. The van der Waals surface area contributed by atoms with Crippen LogP contribution in [0.2, 0.25) is 0 Å². The summed E-state index contributed by atoms with van der Waals surface area (Å²) >= 11 is 1.49. The van der Waals surface area contributed by atoms with Crippen molar-refractivity contribution in [2.75, 3.05) is 39.2 Å². The minimum atomic E-state index is -0.231. The molecule has 3 rings (SSSR count). The number of methoxy groups -OCH3 is 1. The van der Waals surface area contributed by atoms with Crippen molar-refractivity contribution in [1.82, 2.24) is 15.0 Å². The highest BCUT2D eigenvalue weighted by molar-refractivity contribution is 7.22. The first-order valence-corrected chi connectivity index (χ1v) is 9.56. The number of hydrogen-bond acceptors (Lipinski definition) is 7. The Kier molecular flexibility index (Phi) is 5.76. The molecule has 144 valence electrons. The highest BCUT2D eigenvalue weighted by Gasteiger charge is 2.25. The largest absolute Gasteiger partial charge is 0.494 e. The molecule has 0 bridgehead atoms. The smallest absolute Gasteiger partial charge is 0.298 e. The van der Waals surface area contributed by atoms with Crippen LogP contribution in [0.1, 0.15) is 28.2 Å². The van der Waals surface area contributed by atoms with Gasteiger partial charge in [0.25, 0.3) is 5.91 Å². The van der Waals surface area contributed by atoms with E-state index >= 15 is 0 Å². The predicted molar refractivity (Wildman–Crippen MR) is 107 cm³/mol. The van der Waals surface area contributed by atoms with Gasteiger partial charge < -0.3 is 14.2 Å². The third-order valence-corrected chi connectivity index (χ3v) is 5.43. The lowest BCUT2D eigenvalue weighted by Crippen LogP contribution is -2.33. The normalized spacial score (nSPS) is 11.3. The van der Waals surface area contributed by atoms with E-state index in [9.17, 15) is 4.79 Å². The van der Waals surface area contributed by atoms with Crippen LogP contribution in [-0.2, 0) is 0 Å².